The maximum Gasteiger partial charge on any atom is 0.363 e. The van der Waals surface area contributed by atoms with Crippen LogP contribution in [-0.4, -0.2) is 11.9 Å². The maximum absolute atomic E-state index is 11.4. The van der Waals surface area contributed by atoms with Crippen LogP contribution in [0.1, 0.15) is 18.9 Å². The molecule has 0 fully saturated rings. The van der Waals surface area contributed by atoms with Crippen LogP contribution in [0.3, 0.4) is 0 Å². The molecule has 1 aliphatic heterocycles. The first-order valence-corrected chi connectivity index (χ1v) is 5.82. The van der Waals surface area contributed by atoms with E-state index in [4.69, 9.17) is 27.9 Å². The van der Waals surface area contributed by atoms with E-state index in [0.29, 0.717) is 22.4 Å². The van der Waals surface area contributed by atoms with Crippen LogP contribution in [-0.2, 0) is 9.53 Å². The van der Waals surface area contributed by atoms with E-state index in [2.05, 4.69) is 4.99 Å². The summed E-state index contributed by atoms with van der Waals surface area (Å²) in [5.74, 6) is -0.00534. The minimum absolute atomic E-state index is 0.278. The number of aliphatic imine (C=N–C) groups is 1. The van der Waals surface area contributed by atoms with Crippen molar-refractivity contribution in [2.75, 3.05) is 0 Å². The van der Waals surface area contributed by atoms with Crippen molar-refractivity contribution in [3.63, 3.8) is 0 Å². The highest BCUT2D eigenvalue weighted by Crippen LogP contribution is 2.24. The van der Waals surface area contributed by atoms with E-state index >= 15 is 0 Å². The van der Waals surface area contributed by atoms with E-state index in [9.17, 15) is 4.79 Å². The van der Waals surface area contributed by atoms with Crippen molar-refractivity contribution in [1.29, 1.82) is 0 Å². The van der Waals surface area contributed by atoms with Gasteiger partial charge in [0.05, 0.1) is 10.0 Å². The van der Waals surface area contributed by atoms with Gasteiger partial charge in [-0.25, -0.2) is 9.79 Å². The molecule has 1 aromatic carbocycles. The highest BCUT2D eigenvalue weighted by atomic mass is 35.5. The fourth-order valence-corrected chi connectivity index (χ4v) is 1.67. The Hall–Kier alpha value is -1.32. The van der Waals surface area contributed by atoms with E-state index in [1.54, 1.807) is 24.3 Å². The molecule has 1 aliphatic rings. The van der Waals surface area contributed by atoms with Crippen molar-refractivity contribution in [1.82, 2.24) is 0 Å². The van der Waals surface area contributed by atoms with Crippen LogP contribution < -0.4 is 0 Å². The van der Waals surface area contributed by atoms with Gasteiger partial charge >= 0.3 is 5.97 Å². The zero-order valence-corrected chi connectivity index (χ0v) is 10.5. The first kappa shape index (κ1) is 12.1. The SMILES string of the molecule is CCC1=N/C(=C/c2ccc(Cl)c(Cl)c2)C(=O)O1. The Balaban J connectivity index is 2.33. The topological polar surface area (TPSA) is 38.7 Å². The molecule has 88 valence electrons. The summed E-state index contributed by atoms with van der Waals surface area (Å²) in [6.07, 6.45) is 2.21. The predicted octanol–water partition coefficient (Wildman–Crippen LogP) is 3.70. The van der Waals surface area contributed by atoms with Gasteiger partial charge in [-0.1, -0.05) is 36.2 Å². The van der Waals surface area contributed by atoms with Crippen LogP contribution in [0.5, 0.6) is 0 Å². The lowest BCUT2D eigenvalue weighted by atomic mass is 10.2. The Kier molecular flexibility index (Phi) is 3.50. The highest BCUT2D eigenvalue weighted by molar-refractivity contribution is 6.42. The average molecular weight is 270 g/mol. The summed E-state index contributed by atoms with van der Waals surface area (Å²) in [4.78, 5) is 15.5. The Morgan fingerprint density at radius 2 is 2.12 bits per heavy atom. The van der Waals surface area contributed by atoms with Gasteiger partial charge in [0.15, 0.2) is 11.6 Å². The Bertz CT molecular complexity index is 535. The second kappa shape index (κ2) is 4.90. The molecule has 3 nitrogen and oxygen atoms in total. The van der Waals surface area contributed by atoms with Crippen LogP contribution in [0.25, 0.3) is 6.08 Å². The molecular formula is C12H9Cl2NO2. The molecule has 0 saturated carbocycles. The number of rotatable bonds is 2. The third kappa shape index (κ3) is 2.68. The summed E-state index contributed by atoms with van der Waals surface area (Å²) in [6, 6.07) is 5.10. The van der Waals surface area contributed by atoms with Crippen molar-refractivity contribution >= 4 is 41.1 Å². The van der Waals surface area contributed by atoms with Gasteiger partial charge in [-0.15, -0.1) is 0 Å². The van der Waals surface area contributed by atoms with Gasteiger partial charge in [0.2, 0.25) is 0 Å². The molecule has 0 spiro atoms. The van der Waals surface area contributed by atoms with Crippen molar-refractivity contribution in [3.05, 3.63) is 39.5 Å². The van der Waals surface area contributed by atoms with Gasteiger partial charge < -0.3 is 4.74 Å². The lowest BCUT2D eigenvalue weighted by molar-refractivity contribution is -0.130. The molecule has 0 aliphatic carbocycles. The van der Waals surface area contributed by atoms with Gasteiger partial charge in [0.1, 0.15) is 0 Å². The number of nitrogens with zero attached hydrogens (tertiary/aromatic N) is 1. The van der Waals surface area contributed by atoms with Crippen LogP contribution in [0.15, 0.2) is 28.9 Å². The number of halogens is 2. The van der Waals surface area contributed by atoms with Gasteiger partial charge in [-0.3, -0.25) is 0 Å². The Morgan fingerprint density at radius 3 is 2.71 bits per heavy atom. The van der Waals surface area contributed by atoms with Gasteiger partial charge in [0.25, 0.3) is 0 Å². The molecule has 2 rings (SSSR count). The lowest BCUT2D eigenvalue weighted by Crippen LogP contribution is -2.02. The van der Waals surface area contributed by atoms with Crippen LogP contribution in [0.2, 0.25) is 10.0 Å². The zero-order valence-electron chi connectivity index (χ0n) is 9.04. The molecule has 0 amide bonds. The number of hydrogen-bond donors (Lipinski definition) is 0. The number of ether oxygens (including phenoxy) is 1. The third-order valence-electron chi connectivity index (χ3n) is 2.21. The van der Waals surface area contributed by atoms with Crippen LogP contribution in [0.4, 0.5) is 0 Å². The maximum atomic E-state index is 11.4. The van der Waals surface area contributed by atoms with Crippen LogP contribution >= 0.6 is 23.2 Å². The number of cyclic esters (lactones) is 1. The minimum atomic E-state index is -0.437. The second-order valence-corrected chi connectivity index (χ2v) is 4.27. The van der Waals surface area contributed by atoms with Gasteiger partial charge in [-0.05, 0) is 23.8 Å². The molecular weight excluding hydrogens is 261 g/mol. The lowest BCUT2D eigenvalue weighted by Gasteiger charge is -1.97. The summed E-state index contributed by atoms with van der Waals surface area (Å²) >= 11 is 11.7. The number of benzene rings is 1. The molecule has 0 bridgehead atoms. The summed E-state index contributed by atoms with van der Waals surface area (Å²) in [5.41, 5.74) is 1.03. The fraction of sp³-hybridized carbons (Fsp3) is 0.167. The van der Waals surface area contributed by atoms with Crippen molar-refractivity contribution < 1.29 is 9.53 Å². The van der Waals surface area contributed by atoms with E-state index in [-0.39, 0.29) is 5.70 Å². The Labute approximate surface area is 109 Å². The van der Waals surface area contributed by atoms with Crippen molar-refractivity contribution in [2.45, 2.75) is 13.3 Å². The van der Waals surface area contributed by atoms with E-state index in [1.807, 2.05) is 6.92 Å². The Morgan fingerprint density at radius 1 is 1.35 bits per heavy atom. The molecule has 5 heteroatoms. The standard InChI is InChI=1S/C12H9Cl2NO2/c1-2-11-15-10(12(16)17-11)6-7-3-4-8(13)9(14)5-7/h3-6H,2H2,1H3/b10-6+. The summed E-state index contributed by atoms with van der Waals surface area (Å²) in [7, 11) is 0. The number of carbonyl (C=O) groups is 1. The summed E-state index contributed by atoms with van der Waals surface area (Å²) in [6.45, 7) is 1.87. The smallest absolute Gasteiger partial charge is 0.363 e. The first-order valence-electron chi connectivity index (χ1n) is 5.06. The summed E-state index contributed by atoms with van der Waals surface area (Å²) < 4.78 is 4.93. The molecule has 0 unspecified atom stereocenters. The average Bonchev–Trinajstić information content (AvgIpc) is 2.65. The number of esters is 1. The molecule has 1 aromatic rings. The summed E-state index contributed by atoms with van der Waals surface area (Å²) in [5, 5.41) is 0.910. The molecule has 17 heavy (non-hydrogen) atoms. The van der Waals surface area contributed by atoms with Gasteiger partial charge in [0, 0.05) is 6.42 Å². The van der Waals surface area contributed by atoms with E-state index in [0.717, 1.165) is 5.56 Å². The highest BCUT2D eigenvalue weighted by Gasteiger charge is 2.21. The molecule has 0 atom stereocenters. The van der Waals surface area contributed by atoms with Gasteiger partial charge in [-0.2, -0.15) is 0 Å². The quantitative estimate of drug-likeness (QED) is 0.607. The molecule has 0 N–H and O–H groups in total. The monoisotopic (exact) mass is 269 g/mol. The molecule has 0 saturated heterocycles. The molecule has 0 radical (unpaired) electrons. The van der Waals surface area contributed by atoms with Crippen LogP contribution in [0, 0.1) is 0 Å². The molecule has 1 heterocycles. The van der Waals surface area contributed by atoms with Crippen molar-refractivity contribution in [2.24, 2.45) is 4.99 Å². The zero-order chi connectivity index (χ0) is 12.4. The first-order chi connectivity index (χ1) is 8.10. The fourth-order valence-electron chi connectivity index (χ4n) is 1.36. The molecule has 0 aromatic heterocycles. The minimum Gasteiger partial charge on any atom is -0.407 e. The second-order valence-electron chi connectivity index (χ2n) is 3.45. The predicted molar refractivity (Wildman–Crippen MR) is 68.3 cm³/mol. The number of carbonyl (C=O) groups excluding carboxylic acids is 1. The normalized spacial score (nSPS) is 17.2. The third-order valence-corrected chi connectivity index (χ3v) is 2.95. The number of hydrogen-bond acceptors (Lipinski definition) is 3. The van der Waals surface area contributed by atoms with E-state index < -0.39 is 5.97 Å². The van der Waals surface area contributed by atoms with E-state index in [1.165, 1.54) is 0 Å². The largest absolute Gasteiger partial charge is 0.407 e. The van der Waals surface area contributed by atoms with Crippen molar-refractivity contribution in [3.8, 4) is 0 Å².